The number of carbonyl (C=O) groups excluding carboxylic acids is 1. The summed E-state index contributed by atoms with van der Waals surface area (Å²) in [5, 5.41) is 0. The van der Waals surface area contributed by atoms with Crippen LogP contribution in [0.15, 0.2) is 35.3 Å². The van der Waals surface area contributed by atoms with Crippen LogP contribution in [0.25, 0.3) is 4.85 Å². The van der Waals surface area contributed by atoms with Crippen LogP contribution in [0.4, 0.5) is 16.2 Å². The SMILES string of the molecule is [C-]#[N+]c1cc2c(cc1Br)CCN2C(=O)n1ccnc1. The molecule has 6 heteroatoms. The molecular formula is C13H9BrN4O. The third kappa shape index (κ3) is 1.92. The zero-order valence-electron chi connectivity index (χ0n) is 9.88. The first-order valence-corrected chi connectivity index (χ1v) is 6.49. The molecule has 1 aromatic heterocycles. The standard InChI is InChI=1S/C13H9BrN4O/c1-15-11-7-12-9(6-10(11)14)2-4-18(12)13(19)17-5-3-16-8-17/h3,5-8H,2,4H2. The zero-order valence-corrected chi connectivity index (χ0v) is 11.5. The molecule has 2 aromatic rings. The van der Waals surface area contributed by atoms with Gasteiger partial charge in [0.25, 0.3) is 0 Å². The molecule has 0 saturated carbocycles. The Morgan fingerprint density at radius 3 is 3.00 bits per heavy atom. The predicted octanol–water partition coefficient (Wildman–Crippen LogP) is 3.23. The van der Waals surface area contributed by atoms with Gasteiger partial charge < -0.3 is 0 Å². The lowest BCUT2D eigenvalue weighted by molar-refractivity contribution is 0.248. The molecule has 0 fully saturated rings. The molecule has 1 aromatic carbocycles. The molecule has 1 amide bonds. The molecule has 1 aliphatic heterocycles. The maximum Gasteiger partial charge on any atom is 0.333 e. The van der Waals surface area contributed by atoms with E-state index in [0.717, 1.165) is 22.1 Å². The van der Waals surface area contributed by atoms with Gasteiger partial charge in [-0.3, -0.25) is 9.47 Å². The minimum Gasteiger partial charge on any atom is -0.294 e. The molecule has 0 aliphatic carbocycles. The van der Waals surface area contributed by atoms with Crippen LogP contribution in [-0.4, -0.2) is 22.1 Å². The summed E-state index contributed by atoms with van der Waals surface area (Å²) in [6.45, 7) is 7.76. The first kappa shape index (κ1) is 11.9. The van der Waals surface area contributed by atoms with Gasteiger partial charge in [-0.25, -0.2) is 14.6 Å². The Hall–Kier alpha value is -2.13. The summed E-state index contributed by atoms with van der Waals surface area (Å²) >= 11 is 3.37. The van der Waals surface area contributed by atoms with Gasteiger partial charge in [0.05, 0.1) is 6.57 Å². The number of anilines is 1. The number of imidazole rings is 1. The highest BCUT2D eigenvalue weighted by molar-refractivity contribution is 9.10. The van der Waals surface area contributed by atoms with Gasteiger partial charge in [0.15, 0.2) is 0 Å². The van der Waals surface area contributed by atoms with Crippen molar-refractivity contribution in [1.82, 2.24) is 9.55 Å². The Balaban J connectivity index is 2.03. The smallest absolute Gasteiger partial charge is 0.294 e. The third-order valence-corrected chi connectivity index (χ3v) is 3.76. The van der Waals surface area contributed by atoms with E-state index in [2.05, 4.69) is 25.8 Å². The number of benzene rings is 1. The average molecular weight is 317 g/mol. The molecule has 0 bridgehead atoms. The van der Waals surface area contributed by atoms with Crippen LogP contribution >= 0.6 is 15.9 Å². The predicted molar refractivity (Wildman–Crippen MR) is 74.5 cm³/mol. The third-order valence-electron chi connectivity index (χ3n) is 3.12. The van der Waals surface area contributed by atoms with E-state index in [0.29, 0.717) is 12.2 Å². The zero-order chi connectivity index (χ0) is 13.4. The molecule has 2 heterocycles. The number of hydrogen-bond acceptors (Lipinski definition) is 2. The molecule has 19 heavy (non-hydrogen) atoms. The fourth-order valence-electron chi connectivity index (χ4n) is 2.19. The highest BCUT2D eigenvalue weighted by atomic mass is 79.9. The van der Waals surface area contributed by atoms with Gasteiger partial charge in [0, 0.05) is 29.1 Å². The minimum absolute atomic E-state index is 0.144. The van der Waals surface area contributed by atoms with Crippen LogP contribution in [0, 0.1) is 6.57 Å². The second kappa shape index (κ2) is 4.52. The van der Waals surface area contributed by atoms with E-state index in [1.807, 2.05) is 6.07 Å². The van der Waals surface area contributed by atoms with Crippen LogP contribution in [0.2, 0.25) is 0 Å². The maximum absolute atomic E-state index is 12.3. The van der Waals surface area contributed by atoms with Gasteiger partial charge in [-0.15, -0.1) is 0 Å². The molecule has 3 rings (SSSR count). The first-order valence-electron chi connectivity index (χ1n) is 5.70. The van der Waals surface area contributed by atoms with Crippen molar-refractivity contribution in [1.29, 1.82) is 0 Å². The second-order valence-corrected chi connectivity index (χ2v) is 5.05. The minimum atomic E-state index is -0.144. The van der Waals surface area contributed by atoms with E-state index < -0.39 is 0 Å². The second-order valence-electron chi connectivity index (χ2n) is 4.20. The fraction of sp³-hybridized carbons (Fsp3) is 0.154. The van der Waals surface area contributed by atoms with Crippen molar-refractivity contribution >= 4 is 33.3 Å². The molecule has 0 N–H and O–H groups in total. The largest absolute Gasteiger partial charge is 0.333 e. The highest BCUT2D eigenvalue weighted by Gasteiger charge is 2.26. The summed E-state index contributed by atoms with van der Waals surface area (Å²) in [5.74, 6) is 0. The molecule has 0 spiro atoms. The van der Waals surface area contributed by atoms with Crippen molar-refractivity contribution < 1.29 is 4.79 Å². The van der Waals surface area contributed by atoms with Gasteiger partial charge >= 0.3 is 6.03 Å². The van der Waals surface area contributed by atoms with Crippen molar-refractivity contribution in [2.75, 3.05) is 11.4 Å². The molecule has 0 unspecified atom stereocenters. The number of carbonyl (C=O) groups is 1. The van der Waals surface area contributed by atoms with Crippen LogP contribution in [0.5, 0.6) is 0 Å². The topological polar surface area (TPSA) is 42.5 Å². The van der Waals surface area contributed by atoms with E-state index in [1.54, 1.807) is 23.4 Å². The summed E-state index contributed by atoms with van der Waals surface area (Å²) in [7, 11) is 0. The van der Waals surface area contributed by atoms with Crippen molar-refractivity contribution in [2.24, 2.45) is 0 Å². The summed E-state index contributed by atoms with van der Waals surface area (Å²) in [5.41, 5.74) is 2.41. The fourth-order valence-corrected chi connectivity index (χ4v) is 2.67. The number of halogens is 1. The first-order chi connectivity index (χ1) is 9.20. The number of fused-ring (bicyclic) bond motifs is 1. The summed E-state index contributed by atoms with van der Waals surface area (Å²) in [4.78, 5) is 21.3. The highest BCUT2D eigenvalue weighted by Crippen LogP contribution is 2.37. The lowest BCUT2D eigenvalue weighted by atomic mass is 10.1. The van der Waals surface area contributed by atoms with Gasteiger partial charge in [-0.1, -0.05) is 22.0 Å². The molecule has 0 saturated heterocycles. The number of aromatic nitrogens is 2. The van der Waals surface area contributed by atoms with Crippen LogP contribution in [0.1, 0.15) is 5.56 Å². The molecular weight excluding hydrogens is 308 g/mol. The molecule has 1 aliphatic rings. The normalized spacial score (nSPS) is 13.2. The van der Waals surface area contributed by atoms with Crippen molar-refractivity contribution in [2.45, 2.75) is 6.42 Å². The Kier molecular flexibility index (Phi) is 2.84. The van der Waals surface area contributed by atoms with E-state index in [4.69, 9.17) is 6.57 Å². The monoisotopic (exact) mass is 316 g/mol. The van der Waals surface area contributed by atoms with E-state index in [1.165, 1.54) is 10.9 Å². The number of rotatable bonds is 0. The Labute approximate surface area is 118 Å². The van der Waals surface area contributed by atoms with Crippen LogP contribution in [-0.2, 0) is 6.42 Å². The maximum atomic E-state index is 12.3. The van der Waals surface area contributed by atoms with Gasteiger partial charge in [0.2, 0.25) is 5.69 Å². The van der Waals surface area contributed by atoms with Crippen molar-refractivity contribution in [3.05, 3.63) is 52.3 Å². The number of hydrogen-bond donors (Lipinski definition) is 0. The number of amides is 1. The van der Waals surface area contributed by atoms with Crippen LogP contribution < -0.4 is 4.90 Å². The van der Waals surface area contributed by atoms with Crippen LogP contribution in [0.3, 0.4) is 0 Å². The van der Waals surface area contributed by atoms with E-state index >= 15 is 0 Å². The van der Waals surface area contributed by atoms with Crippen molar-refractivity contribution in [3.63, 3.8) is 0 Å². The molecule has 94 valence electrons. The van der Waals surface area contributed by atoms with Gasteiger partial charge in [-0.2, -0.15) is 0 Å². The van der Waals surface area contributed by atoms with Gasteiger partial charge in [0.1, 0.15) is 6.33 Å². The molecule has 0 radical (unpaired) electrons. The Bertz CT molecular complexity index is 687. The summed E-state index contributed by atoms with van der Waals surface area (Å²) in [6.07, 6.45) is 5.47. The number of nitrogens with zero attached hydrogens (tertiary/aromatic N) is 4. The van der Waals surface area contributed by atoms with E-state index in [9.17, 15) is 4.79 Å². The quantitative estimate of drug-likeness (QED) is 0.700. The average Bonchev–Trinajstić information content (AvgIpc) is 3.06. The van der Waals surface area contributed by atoms with Gasteiger partial charge in [-0.05, 0) is 18.1 Å². The molecule has 0 atom stereocenters. The Morgan fingerprint density at radius 2 is 2.32 bits per heavy atom. The Morgan fingerprint density at radius 1 is 1.47 bits per heavy atom. The molecule has 5 nitrogen and oxygen atoms in total. The lowest BCUT2D eigenvalue weighted by Gasteiger charge is -2.17. The van der Waals surface area contributed by atoms with E-state index in [-0.39, 0.29) is 6.03 Å². The summed E-state index contributed by atoms with van der Waals surface area (Å²) in [6, 6.07) is 3.53. The van der Waals surface area contributed by atoms with Crippen molar-refractivity contribution in [3.8, 4) is 0 Å². The summed E-state index contributed by atoms with van der Waals surface area (Å²) < 4.78 is 2.22. The lowest BCUT2D eigenvalue weighted by Crippen LogP contribution is -2.32.